The first-order valence-electron chi connectivity index (χ1n) is 6.43. The van der Waals surface area contributed by atoms with Crippen molar-refractivity contribution in [3.63, 3.8) is 0 Å². The zero-order valence-electron chi connectivity index (χ0n) is 10.9. The zero-order chi connectivity index (χ0) is 13.9. The van der Waals surface area contributed by atoms with Crippen LogP contribution in [-0.2, 0) is 10.0 Å². The molecule has 106 valence electrons. The van der Waals surface area contributed by atoms with E-state index in [0.717, 1.165) is 25.9 Å². The summed E-state index contributed by atoms with van der Waals surface area (Å²) in [4.78, 5) is 0. The van der Waals surface area contributed by atoms with Crippen molar-refractivity contribution in [2.45, 2.75) is 19.8 Å². The largest absolute Gasteiger partial charge is 0.316 e. The van der Waals surface area contributed by atoms with Crippen LogP contribution in [-0.4, -0.2) is 27.3 Å². The molecule has 1 fully saturated rings. The SMILES string of the molecule is Cc1cc(F)cc(NS(=O)(=O)CC2CCCNC2)c1. The van der Waals surface area contributed by atoms with Crippen LogP contribution in [0.5, 0.6) is 0 Å². The maximum atomic E-state index is 13.2. The third-order valence-corrected chi connectivity index (χ3v) is 4.63. The number of nitrogens with one attached hydrogen (secondary N) is 2. The van der Waals surface area contributed by atoms with Gasteiger partial charge in [-0.3, -0.25) is 4.72 Å². The van der Waals surface area contributed by atoms with Crippen molar-refractivity contribution < 1.29 is 12.8 Å². The maximum absolute atomic E-state index is 13.2. The van der Waals surface area contributed by atoms with Crippen LogP contribution in [0.25, 0.3) is 0 Å². The molecule has 2 N–H and O–H groups in total. The quantitative estimate of drug-likeness (QED) is 0.888. The van der Waals surface area contributed by atoms with Crippen molar-refractivity contribution in [2.75, 3.05) is 23.6 Å². The topological polar surface area (TPSA) is 58.2 Å². The van der Waals surface area contributed by atoms with Gasteiger partial charge in [-0.15, -0.1) is 0 Å². The molecule has 6 heteroatoms. The van der Waals surface area contributed by atoms with Crippen LogP contribution in [0, 0.1) is 18.7 Å². The fraction of sp³-hybridized carbons (Fsp3) is 0.538. The molecule has 1 unspecified atom stereocenters. The second-order valence-corrected chi connectivity index (χ2v) is 6.88. The third kappa shape index (κ3) is 4.47. The lowest BCUT2D eigenvalue weighted by molar-refractivity contribution is 0.404. The maximum Gasteiger partial charge on any atom is 0.233 e. The van der Waals surface area contributed by atoms with Gasteiger partial charge in [-0.05, 0) is 62.5 Å². The highest BCUT2D eigenvalue weighted by Crippen LogP contribution is 2.17. The van der Waals surface area contributed by atoms with E-state index in [1.807, 2.05) is 0 Å². The monoisotopic (exact) mass is 286 g/mol. The molecule has 0 saturated carbocycles. The molecular weight excluding hydrogens is 267 g/mol. The van der Waals surface area contributed by atoms with Gasteiger partial charge in [-0.25, -0.2) is 12.8 Å². The summed E-state index contributed by atoms with van der Waals surface area (Å²) in [6, 6.07) is 4.19. The van der Waals surface area contributed by atoms with E-state index in [-0.39, 0.29) is 11.7 Å². The Balaban J connectivity index is 2.03. The molecule has 1 aliphatic rings. The molecule has 1 aromatic carbocycles. The summed E-state index contributed by atoms with van der Waals surface area (Å²) in [5, 5.41) is 3.19. The smallest absolute Gasteiger partial charge is 0.233 e. The summed E-state index contributed by atoms with van der Waals surface area (Å²) < 4.78 is 39.7. The van der Waals surface area contributed by atoms with Crippen LogP contribution in [0.1, 0.15) is 18.4 Å². The summed E-state index contributed by atoms with van der Waals surface area (Å²) in [5.41, 5.74) is 0.985. The molecule has 0 radical (unpaired) electrons. The fourth-order valence-corrected chi connectivity index (χ4v) is 3.86. The number of hydrogen-bond acceptors (Lipinski definition) is 3. The number of benzene rings is 1. The minimum atomic E-state index is -3.42. The van der Waals surface area contributed by atoms with Crippen LogP contribution in [0.2, 0.25) is 0 Å². The van der Waals surface area contributed by atoms with Crippen molar-refractivity contribution in [3.05, 3.63) is 29.6 Å². The number of anilines is 1. The number of piperidine rings is 1. The first-order valence-corrected chi connectivity index (χ1v) is 8.08. The molecule has 1 atom stereocenters. The van der Waals surface area contributed by atoms with Gasteiger partial charge in [0, 0.05) is 0 Å². The molecule has 1 aromatic rings. The van der Waals surface area contributed by atoms with Crippen molar-refractivity contribution in [1.82, 2.24) is 5.32 Å². The van der Waals surface area contributed by atoms with Crippen molar-refractivity contribution in [1.29, 1.82) is 0 Å². The first-order chi connectivity index (χ1) is 8.94. The molecule has 2 rings (SSSR count). The number of sulfonamides is 1. The van der Waals surface area contributed by atoms with Crippen LogP contribution in [0.15, 0.2) is 18.2 Å². The first kappa shape index (κ1) is 14.3. The Kier molecular flexibility index (Phi) is 4.42. The van der Waals surface area contributed by atoms with Crippen LogP contribution in [0.4, 0.5) is 10.1 Å². The lowest BCUT2D eigenvalue weighted by Gasteiger charge is -2.22. The zero-order valence-corrected chi connectivity index (χ0v) is 11.8. The molecule has 1 saturated heterocycles. The van der Waals surface area contributed by atoms with Gasteiger partial charge in [0.05, 0.1) is 11.4 Å². The molecule has 0 spiro atoms. The average Bonchev–Trinajstić information content (AvgIpc) is 2.27. The number of halogens is 1. The molecule has 19 heavy (non-hydrogen) atoms. The van der Waals surface area contributed by atoms with Gasteiger partial charge >= 0.3 is 0 Å². The van der Waals surface area contributed by atoms with Gasteiger partial charge in [-0.1, -0.05) is 0 Å². The van der Waals surface area contributed by atoms with Crippen LogP contribution in [0.3, 0.4) is 0 Å². The lowest BCUT2D eigenvalue weighted by Crippen LogP contribution is -2.35. The molecule has 4 nitrogen and oxygen atoms in total. The van der Waals surface area contributed by atoms with Gasteiger partial charge in [0.15, 0.2) is 0 Å². The summed E-state index contributed by atoms with van der Waals surface area (Å²) in [7, 11) is -3.42. The van der Waals surface area contributed by atoms with Gasteiger partial charge in [0.1, 0.15) is 5.82 Å². The van der Waals surface area contributed by atoms with E-state index in [1.54, 1.807) is 13.0 Å². The number of aryl methyl sites for hydroxylation is 1. The Morgan fingerprint density at radius 2 is 2.21 bits per heavy atom. The highest BCUT2D eigenvalue weighted by molar-refractivity contribution is 7.92. The van der Waals surface area contributed by atoms with Crippen LogP contribution >= 0.6 is 0 Å². The molecule has 1 aliphatic heterocycles. The van der Waals surface area contributed by atoms with E-state index in [9.17, 15) is 12.8 Å². The van der Waals surface area contributed by atoms with E-state index >= 15 is 0 Å². The summed E-state index contributed by atoms with van der Waals surface area (Å²) >= 11 is 0. The minimum Gasteiger partial charge on any atom is -0.316 e. The lowest BCUT2D eigenvalue weighted by atomic mass is 10.0. The van der Waals surface area contributed by atoms with Crippen molar-refractivity contribution >= 4 is 15.7 Å². The number of rotatable bonds is 4. The highest BCUT2D eigenvalue weighted by atomic mass is 32.2. The standard InChI is InChI=1S/C13H19FN2O2S/c1-10-5-12(14)7-13(6-10)16-19(17,18)9-11-3-2-4-15-8-11/h5-7,11,15-16H,2-4,8-9H2,1H3. The molecular formula is C13H19FN2O2S. The summed E-state index contributed by atoms with van der Waals surface area (Å²) in [6.07, 6.45) is 1.91. The molecule has 0 aromatic heterocycles. The van der Waals surface area contributed by atoms with Gasteiger partial charge in [0.25, 0.3) is 0 Å². The summed E-state index contributed by atoms with van der Waals surface area (Å²) in [6.45, 7) is 3.40. The van der Waals surface area contributed by atoms with E-state index in [0.29, 0.717) is 11.3 Å². The van der Waals surface area contributed by atoms with E-state index in [2.05, 4.69) is 10.0 Å². The third-order valence-electron chi connectivity index (χ3n) is 3.17. The average molecular weight is 286 g/mol. The molecule has 0 bridgehead atoms. The number of hydrogen-bond donors (Lipinski definition) is 2. The van der Waals surface area contributed by atoms with E-state index in [1.165, 1.54) is 12.1 Å². The van der Waals surface area contributed by atoms with E-state index < -0.39 is 15.8 Å². The Morgan fingerprint density at radius 1 is 1.42 bits per heavy atom. The Hall–Kier alpha value is -1.14. The molecule has 0 amide bonds. The molecule has 0 aliphatic carbocycles. The second kappa shape index (κ2) is 5.88. The van der Waals surface area contributed by atoms with Crippen molar-refractivity contribution in [2.24, 2.45) is 5.92 Å². The Morgan fingerprint density at radius 3 is 2.84 bits per heavy atom. The van der Waals surface area contributed by atoms with E-state index in [4.69, 9.17) is 0 Å². The predicted molar refractivity (Wildman–Crippen MR) is 74.1 cm³/mol. The second-order valence-electron chi connectivity index (χ2n) is 5.11. The fourth-order valence-electron chi connectivity index (χ4n) is 2.39. The normalized spacial score (nSPS) is 20.2. The Labute approximate surface area is 113 Å². The van der Waals surface area contributed by atoms with Crippen molar-refractivity contribution in [3.8, 4) is 0 Å². The predicted octanol–water partition coefficient (Wildman–Crippen LogP) is 1.88. The minimum absolute atomic E-state index is 0.0789. The highest BCUT2D eigenvalue weighted by Gasteiger charge is 2.21. The Bertz CT molecular complexity index is 519. The molecule has 1 heterocycles. The van der Waals surface area contributed by atoms with Gasteiger partial charge in [0.2, 0.25) is 10.0 Å². The van der Waals surface area contributed by atoms with Gasteiger partial charge in [-0.2, -0.15) is 0 Å². The van der Waals surface area contributed by atoms with Crippen LogP contribution < -0.4 is 10.0 Å². The summed E-state index contributed by atoms with van der Waals surface area (Å²) in [5.74, 6) is -0.229. The van der Waals surface area contributed by atoms with Gasteiger partial charge < -0.3 is 5.32 Å².